The minimum atomic E-state index is -0.329. The van der Waals surface area contributed by atoms with E-state index in [1.54, 1.807) is 0 Å². The number of nitrogens with two attached hydrogens (primary N) is 1. The Morgan fingerprint density at radius 2 is 2.13 bits per heavy atom. The molecule has 1 spiro atoms. The van der Waals surface area contributed by atoms with E-state index in [1.807, 2.05) is 40.0 Å². The zero-order valence-electron chi connectivity index (χ0n) is 14.3. The number of ether oxygens (including phenoxy) is 1. The molecule has 1 saturated carbocycles. The lowest BCUT2D eigenvalue weighted by atomic mass is 9.96. The number of rotatable bonds is 3. The van der Waals surface area contributed by atoms with Gasteiger partial charge in [0.1, 0.15) is 5.60 Å². The maximum Gasteiger partial charge on any atom is 0.293 e. The first-order valence-corrected chi connectivity index (χ1v) is 7.95. The fourth-order valence-electron chi connectivity index (χ4n) is 3.33. The number of primary amides is 1. The molecule has 2 atom stereocenters. The van der Waals surface area contributed by atoms with Crippen molar-refractivity contribution < 1.29 is 14.3 Å². The predicted molar refractivity (Wildman–Crippen MR) is 89.3 cm³/mol. The first kappa shape index (κ1) is 17.5. The summed E-state index contributed by atoms with van der Waals surface area (Å²) in [6.45, 7) is 5.92. The van der Waals surface area contributed by atoms with Crippen LogP contribution in [0.4, 0.5) is 0 Å². The van der Waals surface area contributed by atoms with E-state index in [9.17, 15) is 9.59 Å². The maximum atomic E-state index is 11.1. The minimum absolute atomic E-state index is 0.318. The van der Waals surface area contributed by atoms with Crippen LogP contribution in [0.5, 0.6) is 0 Å². The molecule has 2 unspecified atom stereocenters. The molecule has 0 radical (unpaired) electrons. The van der Waals surface area contributed by atoms with Gasteiger partial charge in [0.15, 0.2) is 0 Å². The van der Waals surface area contributed by atoms with Gasteiger partial charge in [-0.3, -0.25) is 9.59 Å². The van der Waals surface area contributed by atoms with Gasteiger partial charge in [0.25, 0.3) is 6.47 Å². The second-order valence-corrected chi connectivity index (χ2v) is 7.26. The average molecular weight is 318 g/mol. The lowest BCUT2D eigenvalue weighted by molar-refractivity contribution is -0.138. The van der Waals surface area contributed by atoms with E-state index in [-0.39, 0.29) is 11.5 Å². The van der Waals surface area contributed by atoms with E-state index in [4.69, 9.17) is 5.73 Å². The summed E-state index contributed by atoms with van der Waals surface area (Å²) in [5.74, 6) is -0.329. The van der Waals surface area contributed by atoms with Crippen LogP contribution in [-0.2, 0) is 21.4 Å². The molecule has 23 heavy (non-hydrogen) atoms. The number of hydrogen-bond donors (Lipinski definition) is 2. The summed E-state index contributed by atoms with van der Waals surface area (Å²) in [7, 11) is 2.02. The fraction of sp³-hybridized carbons (Fsp3) is 0.556. The molecular weight excluding hydrogens is 292 g/mol. The second kappa shape index (κ2) is 6.32. The van der Waals surface area contributed by atoms with E-state index in [0.717, 1.165) is 6.42 Å². The maximum absolute atomic E-state index is 11.1. The molecule has 0 bridgehead atoms. The van der Waals surface area contributed by atoms with Gasteiger partial charge in [-0.15, -0.1) is 0 Å². The lowest BCUT2D eigenvalue weighted by Crippen LogP contribution is -2.20. The Kier molecular flexibility index (Phi) is 4.80. The highest BCUT2D eigenvalue weighted by molar-refractivity contribution is 5.93. The van der Waals surface area contributed by atoms with Crippen molar-refractivity contribution in [2.75, 3.05) is 7.05 Å². The van der Waals surface area contributed by atoms with Crippen molar-refractivity contribution in [1.29, 1.82) is 0 Å². The van der Waals surface area contributed by atoms with Crippen LogP contribution in [0.15, 0.2) is 18.2 Å². The molecule has 1 aromatic carbocycles. The summed E-state index contributed by atoms with van der Waals surface area (Å²) in [5, 5.41) is 3.36. The Balaban J connectivity index is 0.000000236. The summed E-state index contributed by atoms with van der Waals surface area (Å²) in [5.41, 5.74) is 8.72. The molecule has 3 N–H and O–H groups in total. The second-order valence-electron chi connectivity index (χ2n) is 7.26. The van der Waals surface area contributed by atoms with Crippen molar-refractivity contribution in [3.8, 4) is 0 Å². The number of hydrogen-bond acceptors (Lipinski definition) is 4. The third kappa shape index (κ3) is 3.72. The Hall–Kier alpha value is -1.88. The summed E-state index contributed by atoms with van der Waals surface area (Å²) in [6, 6.07) is 6.55. The smallest absolute Gasteiger partial charge is 0.293 e. The van der Waals surface area contributed by atoms with Crippen molar-refractivity contribution in [2.24, 2.45) is 5.73 Å². The van der Waals surface area contributed by atoms with Gasteiger partial charge in [-0.05, 0) is 70.3 Å². The Morgan fingerprint density at radius 3 is 2.57 bits per heavy atom. The van der Waals surface area contributed by atoms with Crippen LogP contribution < -0.4 is 11.1 Å². The molecule has 1 amide bonds. The Morgan fingerprint density at radius 1 is 1.43 bits per heavy atom. The minimum Gasteiger partial charge on any atom is -0.462 e. The van der Waals surface area contributed by atoms with Crippen molar-refractivity contribution >= 4 is 12.4 Å². The number of likely N-dealkylation sites (N-methyl/N-ethyl adjacent to an activating group) is 1. The molecule has 0 aliphatic heterocycles. The number of amides is 1. The third-order valence-corrected chi connectivity index (χ3v) is 4.59. The van der Waals surface area contributed by atoms with E-state index in [1.165, 1.54) is 24.0 Å². The standard InChI is InChI=1S/C13H16N2O.C5H10O2/c1-15-11-7-13(11)5-4-8-6-9(12(14)16)2-3-10(8)13;1-5(2,3)7-4-6/h2-3,6,11,15H,4-5,7H2,1H3,(H2,14,16);4H,1-3H3. The summed E-state index contributed by atoms with van der Waals surface area (Å²) < 4.78 is 4.55. The van der Waals surface area contributed by atoms with E-state index in [0.29, 0.717) is 23.5 Å². The lowest BCUT2D eigenvalue weighted by Gasteiger charge is -2.14. The van der Waals surface area contributed by atoms with Gasteiger partial charge in [0.05, 0.1) is 0 Å². The number of carbonyl (C=O) groups excluding carboxylic acids is 2. The highest BCUT2D eigenvalue weighted by atomic mass is 16.5. The molecule has 1 fully saturated rings. The van der Waals surface area contributed by atoms with Crippen molar-refractivity contribution in [3.05, 3.63) is 34.9 Å². The number of aryl methyl sites for hydroxylation is 1. The number of benzene rings is 1. The van der Waals surface area contributed by atoms with Gasteiger partial charge in [-0.1, -0.05) is 6.07 Å². The quantitative estimate of drug-likeness (QED) is 0.834. The topological polar surface area (TPSA) is 81.4 Å². The molecule has 0 saturated heterocycles. The van der Waals surface area contributed by atoms with Gasteiger partial charge < -0.3 is 15.8 Å². The van der Waals surface area contributed by atoms with Crippen molar-refractivity contribution in [1.82, 2.24) is 5.32 Å². The van der Waals surface area contributed by atoms with Gasteiger partial charge in [0, 0.05) is 17.0 Å². The third-order valence-electron chi connectivity index (χ3n) is 4.59. The van der Waals surface area contributed by atoms with Crippen LogP contribution in [-0.4, -0.2) is 31.1 Å². The van der Waals surface area contributed by atoms with E-state index in [2.05, 4.69) is 16.1 Å². The monoisotopic (exact) mass is 318 g/mol. The molecular formula is C18H26N2O3. The molecule has 0 heterocycles. The highest BCUT2D eigenvalue weighted by Gasteiger charge is 2.57. The van der Waals surface area contributed by atoms with Crippen LogP contribution in [0.25, 0.3) is 0 Å². The molecule has 2 aliphatic rings. The molecule has 2 aliphatic carbocycles. The molecule has 3 rings (SSSR count). The largest absolute Gasteiger partial charge is 0.462 e. The molecule has 5 heteroatoms. The van der Waals surface area contributed by atoms with Crippen molar-refractivity contribution in [2.45, 2.75) is 57.1 Å². The molecule has 126 valence electrons. The SMILES string of the molecule is CC(C)(C)OC=O.CNC1CC12CCc1cc(C(N)=O)ccc12. The first-order valence-electron chi connectivity index (χ1n) is 7.95. The zero-order chi connectivity index (χ0) is 17.3. The molecule has 0 aromatic heterocycles. The van der Waals surface area contributed by atoms with Crippen molar-refractivity contribution in [3.63, 3.8) is 0 Å². The molecule has 5 nitrogen and oxygen atoms in total. The number of carbonyl (C=O) groups is 2. The van der Waals surface area contributed by atoms with Gasteiger partial charge >= 0.3 is 0 Å². The summed E-state index contributed by atoms with van der Waals surface area (Å²) >= 11 is 0. The van der Waals surface area contributed by atoms with Crippen LogP contribution in [0.3, 0.4) is 0 Å². The number of fused-ring (bicyclic) bond motifs is 2. The first-order chi connectivity index (χ1) is 10.7. The van der Waals surface area contributed by atoms with Gasteiger partial charge in [-0.25, -0.2) is 0 Å². The molecule has 1 aromatic rings. The Labute approximate surface area is 137 Å². The van der Waals surface area contributed by atoms with E-state index >= 15 is 0 Å². The van der Waals surface area contributed by atoms with Crippen LogP contribution in [0.2, 0.25) is 0 Å². The van der Waals surface area contributed by atoms with Crippen LogP contribution in [0, 0.1) is 0 Å². The normalized spacial score (nSPS) is 24.4. The summed E-state index contributed by atoms with van der Waals surface area (Å²) in [6.07, 6.45) is 3.51. The predicted octanol–water partition coefficient (Wildman–Crippen LogP) is 1.92. The average Bonchev–Trinajstić information content (AvgIpc) is 3.06. The highest BCUT2D eigenvalue weighted by Crippen LogP contribution is 2.56. The zero-order valence-corrected chi connectivity index (χ0v) is 14.3. The van der Waals surface area contributed by atoms with Gasteiger partial charge in [0.2, 0.25) is 5.91 Å². The Bertz CT molecular complexity index is 607. The van der Waals surface area contributed by atoms with E-state index < -0.39 is 0 Å². The van der Waals surface area contributed by atoms with Crippen LogP contribution in [0.1, 0.15) is 55.1 Å². The van der Waals surface area contributed by atoms with Crippen LogP contribution >= 0.6 is 0 Å². The number of nitrogens with one attached hydrogen (secondary N) is 1. The summed E-state index contributed by atoms with van der Waals surface area (Å²) in [4.78, 5) is 20.7. The van der Waals surface area contributed by atoms with Gasteiger partial charge in [-0.2, -0.15) is 0 Å². The fourth-order valence-corrected chi connectivity index (χ4v) is 3.33.